The molecule has 0 spiro atoms. The molecule has 3 rings (SSSR count). The Hall–Kier alpha value is -1.13. The first-order chi connectivity index (χ1) is 9.66. The number of hydrogen-bond acceptors (Lipinski definition) is 3. The van der Waals surface area contributed by atoms with E-state index in [-0.39, 0.29) is 5.38 Å². The van der Waals surface area contributed by atoms with Crippen molar-refractivity contribution in [2.45, 2.75) is 18.7 Å². The van der Waals surface area contributed by atoms with Gasteiger partial charge in [0, 0.05) is 10.9 Å². The summed E-state index contributed by atoms with van der Waals surface area (Å²) in [5, 5.41) is -0.364. The van der Waals surface area contributed by atoms with Crippen molar-refractivity contribution in [2.24, 2.45) is 0 Å². The van der Waals surface area contributed by atoms with Gasteiger partial charge in [-0.15, -0.1) is 11.6 Å². The molecule has 1 aromatic heterocycles. The van der Waals surface area contributed by atoms with Crippen molar-refractivity contribution >= 4 is 27.5 Å². The summed E-state index contributed by atoms with van der Waals surface area (Å²) < 4.78 is 17.7. The van der Waals surface area contributed by atoms with E-state index < -0.39 is 0 Å². The van der Waals surface area contributed by atoms with E-state index in [4.69, 9.17) is 25.5 Å². The minimum Gasteiger partial charge on any atom is -0.490 e. The minimum absolute atomic E-state index is 0.364. The lowest BCUT2D eigenvalue weighted by Gasteiger charge is -2.15. The van der Waals surface area contributed by atoms with Gasteiger partial charge < -0.3 is 13.9 Å². The van der Waals surface area contributed by atoms with E-state index in [1.165, 1.54) is 0 Å². The highest BCUT2D eigenvalue weighted by Gasteiger charge is 2.22. The van der Waals surface area contributed by atoms with E-state index in [0.29, 0.717) is 13.2 Å². The van der Waals surface area contributed by atoms with Gasteiger partial charge in [-0.25, -0.2) is 0 Å². The Morgan fingerprint density at radius 2 is 1.90 bits per heavy atom. The molecule has 5 heteroatoms. The smallest absolute Gasteiger partial charge is 0.162 e. The number of alkyl halides is 1. The Balaban J connectivity index is 2.01. The number of rotatable bonds is 2. The molecule has 1 aliphatic heterocycles. The second-order valence-corrected chi connectivity index (χ2v) is 5.99. The van der Waals surface area contributed by atoms with Gasteiger partial charge in [0.2, 0.25) is 0 Å². The number of aryl methyl sites for hydroxylation is 1. The topological polar surface area (TPSA) is 31.6 Å². The molecule has 106 valence electrons. The van der Waals surface area contributed by atoms with E-state index >= 15 is 0 Å². The SMILES string of the molecule is Cc1ccoc1C(Cl)c1cc2c(cc1Br)OCCCO2. The Kier molecular flexibility index (Phi) is 3.94. The summed E-state index contributed by atoms with van der Waals surface area (Å²) in [6.45, 7) is 3.30. The van der Waals surface area contributed by atoms with Gasteiger partial charge >= 0.3 is 0 Å². The van der Waals surface area contributed by atoms with Crippen molar-refractivity contribution in [1.82, 2.24) is 0 Å². The van der Waals surface area contributed by atoms with Crippen molar-refractivity contribution in [3.05, 3.63) is 45.8 Å². The summed E-state index contributed by atoms with van der Waals surface area (Å²) in [5.41, 5.74) is 1.94. The first kappa shape index (κ1) is 13.8. The van der Waals surface area contributed by atoms with Crippen LogP contribution in [0.5, 0.6) is 11.5 Å². The zero-order valence-electron chi connectivity index (χ0n) is 11.0. The highest BCUT2D eigenvalue weighted by Crippen LogP contribution is 2.42. The molecule has 2 heterocycles. The quantitative estimate of drug-likeness (QED) is 0.721. The number of fused-ring (bicyclic) bond motifs is 1. The van der Waals surface area contributed by atoms with Crippen LogP contribution in [0.3, 0.4) is 0 Å². The molecule has 0 N–H and O–H groups in total. The molecule has 1 atom stereocenters. The van der Waals surface area contributed by atoms with Crippen LogP contribution in [0.15, 0.2) is 33.4 Å². The van der Waals surface area contributed by atoms with E-state index in [9.17, 15) is 0 Å². The van der Waals surface area contributed by atoms with Crippen molar-refractivity contribution in [2.75, 3.05) is 13.2 Å². The average molecular weight is 358 g/mol. The molecule has 0 saturated heterocycles. The van der Waals surface area contributed by atoms with E-state index in [0.717, 1.165) is 39.3 Å². The van der Waals surface area contributed by atoms with Crippen molar-refractivity contribution < 1.29 is 13.9 Å². The normalized spacial score (nSPS) is 15.8. The first-order valence-corrected chi connectivity index (χ1v) is 7.67. The zero-order valence-corrected chi connectivity index (χ0v) is 13.3. The van der Waals surface area contributed by atoms with Crippen LogP contribution in [-0.2, 0) is 0 Å². The third-order valence-corrected chi connectivity index (χ3v) is 4.39. The van der Waals surface area contributed by atoms with Gasteiger partial charge in [0.05, 0.1) is 19.5 Å². The van der Waals surface area contributed by atoms with Crippen LogP contribution in [0.1, 0.15) is 28.7 Å². The number of halogens is 2. The molecule has 0 saturated carbocycles. The molecule has 0 fully saturated rings. The average Bonchev–Trinajstić information content (AvgIpc) is 2.72. The lowest BCUT2D eigenvalue weighted by atomic mass is 10.1. The van der Waals surface area contributed by atoms with Gasteiger partial charge in [0.25, 0.3) is 0 Å². The molecule has 0 aliphatic carbocycles. The molecule has 0 bridgehead atoms. The fourth-order valence-electron chi connectivity index (χ4n) is 2.18. The molecule has 1 unspecified atom stereocenters. The largest absolute Gasteiger partial charge is 0.490 e. The lowest BCUT2D eigenvalue weighted by Crippen LogP contribution is -1.98. The van der Waals surface area contributed by atoms with Crippen LogP contribution in [0, 0.1) is 6.92 Å². The van der Waals surface area contributed by atoms with Gasteiger partial charge in [-0.1, -0.05) is 15.9 Å². The summed E-state index contributed by atoms with van der Waals surface area (Å²) in [4.78, 5) is 0. The molecule has 2 aromatic rings. The van der Waals surface area contributed by atoms with Gasteiger partial charge in [-0.3, -0.25) is 0 Å². The van der Waals surface area contributed by atoms with Crippen LogP contribution in [-0.4, -0.2) is 13.2 Å². The van der Waals surface area contributed by atoms with Crippen LogP contribution in [0.25, 0.3) is 0 Å². The predicted molar refractivity (Wildman–Crippen MR) is 80.9 cm³/mol. The fraction of sp³-hybridized carbons (Fsp3) is 0.333. The summed E-state index contributed by atoms with van der Waals surface area (Å²) in [7, 11) is 0. The van der Waals surface area contributed by atoms with Crippen LogP contribution in [0.4, 0.5) is 0 Å². The molecular weight excluding hydrogens is 344 g/mol. The maximum Gasteiger partial charge on any atom is 0.162 e. The number of benzene rings is 1. The van der Waals surface area contributed by atoms with Crippen LogP contribution < -0.4 is 9.47 Å². The third kappa shape index (κ3) is 2.54. The Morgan fingerprint density at radius 1 is 1.20 bits per heavy atom. The van der Waals surface area contributed by atoms with Gasteiger partial charge in [0.1, 0.15) is 11.1 Å². The monoisotopic (exact) mass is 356 g/mol. The maximum absolute atomic E-state index is 6.55. The maximum atomic E-state index is 6.55. The third-order valence-electron chi connectivity index (χ3n) is 3.27. The van der Waals surface area contributed by atoms with Crippen molar-refractivity contribution in [3.8, 4) is 11.5 Å². The summed E-state index contributed by atoms with van der Waals surface area (Å²) in [5.74, 6) is 2.23. The summed E-state index contributed by atoms with van der Waals surface area (Å²) in [6, 6.07) is 5.73. The highest BCUT2D eigenvalue weighted by atomic mass is 79.9. The zero-order chi connectivity index (χ0) is 14.1. The standard InChI is InChI=1S/C15H14BrClO3/c1-9-3-6-20-15(9)14(17)10-7-12-13(8-11(10)16)19-5-2-4-18-12/h3,6-8,14H,2,4-5H2,1H3. The Labute approximate surface area is 130 Å². The number of hydrogen-bond donors (Lipinski definition) is 0. The van der Waals surface area contributed by atoms with Gasteiger partial charge in [0.15, 0.2) is 11.5 Å². The number of furan rings is 1. The van der Waals surface area contributed by atoms with Crippen molar-refractivity contribution in [3.63, 3.8) is 0 Å². The summed E-state index contributed by atoms with van der Waals surface area (Å²) in [6.07, 6.45) is 2.53. The second kappa shape index (κ2) is 5.70. The van der Waals surface area contributed by atoms with Gasteiger partial charge in [-0.05, 0) is 36.2 Å². The highest BCUT2D eigenvalue weighted by molar-refractivity contribution is 9.10. The first-order valence-electron chi connectivity index (χ1n) is 6.44. The molecule has 0 amide bonds. The lowest BCUT2D eigenvalue weighted by molar-refractivity contribution is 0.297. The van der Waals surface area contributed by atoms with Crippen LogP contribution >= 0.6 is 27.5 Å². The van der Waals surface area contributed by atoms with E-state index in [1.807, 2.05) is 25.1 Å². The molecular formula is C15H14BrClO3. The molecule has 20 heavy (non-hydrogen) atoms. The van der Waals surface area contributed by atoms with Crippen LogP contribution in [0.2, 0.25) is 0 Å². The Bertz CT molecular complexity index is 624. The fourth-order valence-corrected chi connectivity index (χ4v) is 3.27. The predicted octanol–water partition coefficient (Wildman–Crippen LogP) is 4.84. The second-order valence-electron chi connectivity index (χ2n) is 4.70. The molecule has 1 aromatic carbocycles. The van der Waals surface area contributed by atoms with Crippen molar-refractivity contribution in [1.29, 1.82) is 0 Å². The molecule has 0 radical (unpaired) electrons. The molecule has 3 nitrogen and oxygen atoms in total. The van der Waals surface area contributed by atoms with E-state index in [2.05, 4.69) is 15.9 Å². The summed E-state index contributed by atoms with van der Waals surface area (Å²) >= 11 is 10.1. The van der Waals surface area contributed by atoms with Gasteiger partial charge in [-0.2, -0.15) is 0 Å². The van der Waals surface area contributed by atoms with E-state index in [1.54, 1.807) is 6.26 Å². The Morgan fingerprint density at radius 3 is 2.55 bits per heavy atom. The number of ether oxygens (including phenoxy) is 2. The molecule has 1 aliphatic rings. The minimum atomic E-state index is -0.364.